The molecule has 0 radical (unpaired) electrons. The molecule has 15 heavy (non-hydrogen) atoms. The lowest BCUT2D eigenvalue weighted by Crippen LogP contribution is -2.38. The lowest BCUT2D eigenvalue weighted by atomic mass is 10.0. The van der Waals surface area contributed by atoms with Crippen LogP contribution >= 0.6 is 15.9 Å². The number of nitrogens with one attached hydrogen (secondary N) is 2. The van der Waals surface area contributed by atoms with Gasteiger partial charge in [-0.15, -0.1) is 0 Å². The zero-order valence-corrected chi connectivity index (χ0v) is 10.9. The van der Waals surface area contributed by atoms with Crippen molar-refractivity contribution in [2.24, 2.45) is 5.92 Å². The van der Waals surface area contributed by atoms with Crippen molar-refractivity contribution >= 4 is 21.8 Å². The van der Waals surface area contributed by atoms with Gasteiger partial charge in [-0.25, -0.2) is 0 Å². The van der Waals surface area contributed by atoms with Crippen LogP contribution in [-0.4, -0.2) is 16.9 Å². The number of halogens is 1. The predicted octanol–water partition coefficient (Wildman–Crippen LogP) is 2.94. The maximum absolute atomic E-state index is 11.8. The molecule has 1 unspecified atom stereocenters. The van der Waals surface area contributed by atoms with Crippen LogP contribution in [0.5, 0.6) is 0 Å². The van der Waals surface area contributed by atoms with Crippen molar-refractivity contribution in [1.82, 2.24) is 10.3 Å². The summed E-state index contributed by atoms with van der Waals surface area (Å²) in [6.45, 7) is 6.30. The second-order valence-electron chi connectivity index (χ2n) is 3.96. The molecule has 0 fully saturated rings. The number of H-pyrrole nitrogens is 1. The molecule has 84 valence electrons. The fraction of sp³-hybridized carbons (Fsp3) is 0.545. The van der Waals surface area contributed by atoms with Crippen LogP contribution in [0.3, 0.4) is 0 Å². The summed E-state index contributed by atoms with van der Waals surface area (Å²) in [5.41, 5.74) is 0.598. The summed E-state index contributed by atoms with van der Waals surface area (Å²) in [6.07, 6.45) is 2.70. The second-order valence-corrected chi connectivity index (χ2v) is 4.88. The van der Waals surface area contributed by atoms with Gasteiger partial charge in [-0.05, 0) is 34.3 Å². The summed E-state index contributed by atoms with van der Waals surface area (Å²) in [6, 6.07) is 2.02. The van der Waals surface area contributed by atoms with Crippen molar-refractivity contribution in [3.8, 4) is 0 Å². The lowest BCUT2D eigenvalue weighted by molar-refractivity contribution is 0.0920. The number of hydrogen-bond donors (Lipinski definition) is 2. The average Bonchev–Trinajstić information content (AvgIpc) is 2.60. The third-order valence-corrected chi connectivity index (χ3v) is 2.91. The molecule has 1 heterocycles. The van der Waals surface area contributed by atoms with Crippen LogP contribution in [0.4, 0.5) is 0 Å². The Morgan fingerprint density at radius 1 is 1.60 bits per heavy atom. The third kappa shape index (κ3) is 3.38. The van der Waals surface area contributed by atoms with Gasteiger partial charge in [0.15, 0.2) is 0 Å². The number of aromatic amines is 1. The molecule has 1 aromatic rings. The van der Waals surface area contributed by atoms with Gasteiger partial charge in [0, 0.05) is 16.7 Å². The standard InChI is InChI=1S/C11H17BrN2O/c1-4-9(7(2)3)14-11(15)10-5-8(12)6-13-10/h5-7,9,13H,4H2,1-3H3,(H,14,15). The Kier molecular flexibility index (Phi) is 4.39. The van der Waals surface area contributed by atoms with E-state index in [9.17, 15) is 4.79 Å². The van der Waals surface area contributed by atoms with Gasteiger partial charge in [-0.1, -0.05) is 20.8 Å². The summed E-state index contributed by atoms with van der Waals surface area (Å²) in [5.74, 6) is 0.415. The first kappa shape index (κ1) is 12.3. The van der Waals surface area contributed by atoms with Crippen LogP contribution in [0.15, 0.2) is 16.7 Å². The maximum atomic E-state index is 11.8. The van der Waals surface area contributed by atoms with Crippen molar-refractivity contribution in [1.29, 1.82) is 0 Å². The van der Waals surface area contributed by atoms with Crippen LogP contribution in [0.2, 0.25) is 0 Å². The fourth-order valence-electron chi connectivity index (χ4n) is 1.49. The van der Waals surface area contributed by atoms with E-state index in [1.54, 1.807) is 12.3 Å². The van der Waals surface area contributed by atoms with Crippen LogP contribution < -0.4 is 5.32 Å². The van der Waals surface area contributed by atoms with Crippen molar-refractivity contribution in [2.45, 2.75) is 33.2 Å². The van der Waals surface area contributed by atoms with Gasteiger partial charge in [-0.3, -0.25) is 4.79 Å². The lowest BCUT2D eigenvalue weighted by Gasteiger charge is -2.20. The summed E-state index contributed by atoms with van der Waals surface area (Å²) in [5, 5.41) is 3.00. The van der Waals surface area contributed by atoms with E-state index in [0.717, 1.165) is 10.9 Å². The highest BCUT2D eigenvalue weighted by Crippen LogP contribution is 2.12. The van der Waals surface area contributed by atoms with Gasteiger partial charge >= 0.3 is 0 Å². The molecule has 1 atom stereocenters. The van der Waals surface area contributed by atoms with Gasteiger partial charge in [-0.2, -0.15) is 0 Å². The number of aromatic nitrogens is 1. The Labute approximate surface area is 98.8 Å². The summed E-state index contributed by atoms with van der Waals surface area (Å²) < 4.78 is 0.894. The average molecular weight is 273 g/mol. The van der Waals surface area contributed by atoms with Crippen molar-refractivity contribution in [3.05, 3.63) is 22.4 Å². The molecule has 0 saturated heterocycles. The Balaban J connectivity index is 2.62. The monoisotopic (exact) mass is 272 g/mol. The molecular weight excluding hydrogens is 256 g/mol. The molecule has 0 aliphatic carbocycles. The van der Waals surface area contributed by atoms with E-state index < -0.39 is 0 Å². The normalized spacial score (nSPS) is 12.9. The van der Waals surface area contributed by atoms with E-state index in [1.807, 2.05) is 0 Å². The van der Waals surface area contributed by atoms with Gasteiger partial charge in [0.2, 0.25) is 0 Å². The predicted molar refractivity (Wildman–Crippen MR) is 64.9 cm³/mol. The summed E-state index contributed by atoms with van der Waals surface area (Å²) in [4.78, 5) is 14.7. The SMILES string of the molecule is CCC(NC(=O)c1cc(Br)c[nH]1)C(C)C. The largest absolute Gasteiger partial charge is 0.356 e. The summed E-state index contributed by atoms with van der Waals surface area (Å²) >= 11 is 3.30. The first-order chi connectivity index (χ1) is 7.04. The highest BCUT2D eigenvalue weighted by Gasteiger charge is 2.15. The molecule has 0 bridgehead atoms. The van der Waals surface area contributed by atoms with Crippen LogP contribution in [0.25, 0.3) is 0 Å². The van der Waals surface area contributed by atoms with Crippen LogP contribution in [0.1, 0.15) is 37.7 Å². The van der Waals surface area contributed by atoms with E-state index in [0.29, 0.717) is 11.6 Å². The zero-order chi connectivity index (χ0) is 11.4. The van der Waals surface area contributed by atoms with Crippen molar-refractivity contribution in [3.63, 3.8) is 0 Å². The molecular formula is C11H17BrN2O. The maximum Gasteiger partial charge on any atom is 0.267 e. The number of amides is 1. The van der Waals surface area contributed by atoms with Crippen LogP contribution in [0, 0.1) is 5.92 Å². The molecule has 1 amide bonds. The smallest absolute Gasteiger partial charge is 0.267 e. The third-order valence-electron chi connectivity index (χ3n) is 2.45. The zero-order valence-electron chi connectivity index (χ0n) is 9.30. The number of carbonyl (C=O) groups is 1. The fourth-order valence-corrected chi connectivity index (χ4v) is 1.83. The van der Waals surface area contributed by atoms with Gasteiger partial charge in [0.25, 0.3) is 5.91 Å². The second kappa shape index (κ2) is 5.35. The number of carbonyl (C=O) groups excluding carboxylic acids is 1. The molecule has 4 heteroatoms. The minimum atomic E-state index is -0.0405. The summed E-state index contributed by atoms with van der Waals surface area (Å²) in [7, 11) is 0. The van der Waals surface area contributed by atoms with Crippen molar-refractivity contribution < 1.29 is 4.79 Å². The molecule has 1 rings (SSSR count). The Morgan fingerprint density at radius 3 is 2.67 bits per heavy atom. The Bertz CT molecular complexity index is 333. The molecule has 2 N–H and O–H groups in total. The molecule has 0 aliphatic heterocycles. The Hall–Kier alpha value is -0.770. The quantitative estimate of drug-likeness (QED) is 0.870. The topological polar surface area (TPSA) is 44.9 Å². The molecule has 0 saturated carbocycles. The minimum Gasteiger partial charge on any atom is -0.356 e. The van der Waals surface area contributed by atoms with E-state index in [2.05, 4.69) is 47.0 Å². The van der Waals surface area contributed by atoms with Crippen molar-refractivity contribution in [2.75, 3.05) is 0 Å². The Morgan fingerprint density at radius 2 is 2.27 bits per heavy atom. The molecule has 1 aromatic heterocycles. The van der Waals surface area contributed by atoms with E-state index >= 15 is 0 Å². The van der Waals surface area contributed by atoms with E-state index in [-0.39, 0.29) is 11.9 Å². The van der Waals surface area contributed by atoms with Crippen LogP contribution in [-0.2, 0) is 0 Å². The first-order valence-electron chi connectivity index (χ1n) is 5.19. The molecule has 0 spiro atoms. The number of rotatable bonds is 4. The van der Waals surface area contributed by atoms with E-state index in [1.165, 1.54) is 0 Å². The molecule has 3 nitrogen and oxygen atoms in total. The number of hydrogen-bond acceptors (Lipinski definition) is 1. The molecule has 0 aliphatic rings. The van der Waals surface area contributed by atoms with E-state index in [4.69, 9.17) is 0 Å². The highest BCUT2D eigenvalue weighted by molar-refractivity contribution is 9.10. The molecule has 0 aromatic carbocycles. The first-order valence-corrected chi connectivity index (χ1v) is 5.98. The minimum absolute atomic E-state index is 0.0405. The van der Waals surface area contributed by atoms with Gasteiger partial charge < -0.3 is 10.3 Å². The van der Waals surface area contributed by atoms with Gasteiger partial charge in [0.05, 0.1) is 0 Å². The highest BCUT2D eigenvalue weighted by atomic mass is 79.9. The van der Waals surface area contributed by atoms with Gasteiger partial charge in [0.1, 0.15) is 5.69 Å².